The number of fused-ring (bicyclic) bond motifs is 1. The molecule has 0 N–H and O–H groups in total. The minimum absolute atomic E-state index is 0.0881. The Bertz CT molecular complexity index is 710. The van der Waals surface area contributed by atoms with Crippen LogP contribution in [-0.2, 0) is 9.05 Å². The minimum atomic E-state index is -3.54. The van der Waals surface area contributed by atoms with E-state index >= 15 is 0 Å². The maximum atomic E-state index is 11.3. The Morgan fingerprint density at radius 1 is 1.24 bits per heavy atom. The fourth-order valence-electron chi connectivity index (χ4n) is 2.09. The van der Waals surface area contributed by atoms with Crippen LogP contribution in [0.1, 0.15) is 13.8 Å². The molecule has 0 saturated carbocycles. The lowest BCUT2D eigenvalue weighted by Gasteiger charge is -2.20. The molecule has 1 aromatic heterocycles. The van der Waals surface area contributed by atoms with Gasteiger partial charge in [0, 0.05) is 28.2 Å². The molecule has 21 heavy (non-hydrogen) atoms. The van der Waals surface area contributed by atoms with Crippen LogP contribution in [0.25, 0.3) is 10.9 Å². The van der Waals surface area contributed by atoms with E-state index in [4.69, 9.17) is 15.4 Å². The summed E-state index contributed by atoms with van der Waals surface area (Å²) in [5, 5.41) is 0.913. The Morgan fingerprint density at radius 2 is 2.00 bits per heavy atom. The zero-order valence-electron chi connectivity index (χ0n) is 12.0. The van der Waals surface area contributed by atoms with Gasteiger partial charge in [-0.2, -0.15) is 0 Å². The normalized spacial score (nSPS) is 13.5. The highest BCUT2D eigenvalue weighted by molar-refractivity contribution is 8.13. The number of ether oxygens (including phenoxy) is 1. The number of pyridine rings is 1. The molecule has 0 amide bonds. The molecule has 0 aliphatic carbocycles. The highest BCUT2D eigenvalue weighted by Gasteiger charge is 2.21. The molecule has 0 aliphatic heterocycles. The van der Waals surface area contributed by atoms with Crippen LogP contribution in [0.3, 0.4) is 0 Å². The third-order valence-corrected chi connectivity index (χ3v) is 4.62. The van der Waals surface area contributed by atoms with E-state index in [0.29, 0.717) is 12.4 Å². The molecule has 1 heterocycles. The van der Waals surface area contributed by atoms with Gasteiger partial charge in [-0.1, -0.05) is 19.9 Å². The van der Waals surface area contributed by atoms with Crippen LogP contribution >= 0.6 is 10.7 Å². The number of benzene rings is 1. The summed E-state index contributed by atoms with van der Waals surface area (Å²) in [5.74, 6) is 0.624. The van der Waals surface area contributed by atoms with E-state index in [-0.39, 0.29) is 17.6 Å². The van der Waals surface area contributed by atoms with Gasteiger partial charge in [0.15, 0.2) is 0 Å². The highest BCUT2D eigenvalue weighted by Crippen LogP contribution is 2.25. The van der Waals surface area contributed by atoms with Crippen LogP contribution < -0.4 is 4.74 Å². The van der Waals surface area contributed by atoms with Gasteiger partial charge in [-0.25, -0.2) is 8.42 Å². The molecule has 0 bridgehead atoms. The van der Waals surface area contributed by atoms with Gasteiger partial charge in [-0.05, 0) is 30.2 Å². The summed E-state index contributed by atoms with van der Waals surface area (Å²) in [6.07, 6.45) is 1.73. The number of rotatable bonds is 6. The van der Waals surface area contributed by atoms with Gasteiger partial charge < -0.3 is 4.74 Å². The zero-order valence-corrected chi connectivity index (χ0v) is 13.6. The lowest BCUT2D eigenvalue weighted by molar-refractivity contribution is 0.227. The molecule has 1 atom stereocenters. The predicted octanol–water partition coefficient (Wildman–Crippen LogP) is 3.45. The van der Waals surface area contributed by atoms with E-state index in [2.05, 4.69) is 4.98 Å². The van der Waals surface area contributed by atoms with Crippen molar-refractivity contribution in [2.24, 2.45) is 11.8 Å². The summed E-state index contributed by atoms with van der Waals surface area (Å²) in [4.78, 5) is 4.27. The molecule has 6 heteroatoms. The van der Waals surface area contributed by atoms with Crippen LogP contribution in [0, 0.1) is 11.8 Å². The average molecular weight is 328 g/mol. The topological polar surface area (TPSA) is 56.3 Å². The highest BCUT2D eigenvalue weighted by atomic mass is 35.7. The van der Waals surface area contributed by atoms with E-state index in [9.17, 15) is 8.42 Å². The van der Waals surface area contributed by atoms with Gasteiger partial charge >= 0.3 is 0 Å². The van der Waals surface area contributed by atoms with E-state index in [1.807, 2.05) is 44.2 Å². The number of nitrogens with zero attached hydrogens (tertiary/aromatic N) is 1. The second kappa shape index (κ2) is 6.62. The van der Waals surface area contributed by atoms with Gasteiger partial charge in [0.2, 0.25) is 9.05 Å². The van der Waals surface area contributed by atoms with Crippen molar-refractivity contribution in [1.29, 1.82) is 0 Å². The van der Waals surface area contributed by atoms with Crippen molar-refractivity contribution in [3.05, 3.63) is 36.5 Å². The lowest BCUT2D eigenvalue weighted by Crippen LogP contribution is -2.24. The van der Waals surface area contributed by atoms with Gasteiger partial charge in [-0.15, -0.1) is 0 Å². The fraction of sp³-hybridized carbons (Fsp3) is 0.400. The largest absolute Gasteiger partial charge is 0.493 e. The second-order valence-corrected chi connectivity index (χ2v) is 8.17. The van der Waals surface area contributed by atoms with E-state index in [1.165, 1.54) is 0 Å². The number of halogens is 1. The fourth-order valence-corrected chi connectivity index (χ4v) is 3.56. The van der Waals surface area contributed by atoms with Gasteiger partial charge in [-0.3, -0.25) is 4.98 Å². The third-order valence-electron chi connectivity index (χ3n) is 3.41. The third kappa shape index (κ3) is 4.58. The van der Waals surface area contributed by atoms with Crippen LogP contribution in [-0.4, -0.2) is 25.8 Å². The standard InChI is InChI=1S/C15H18ClNO3S/c1-11(2)12(10-21(16,18)19)9-20-15-7-3-6-14-13(15)5-4-8-17-14/h3-8,11-12H,9-10H2,1-2H3. The van der Waals surface area contributed by atoms with Gasteiger partial charge in [0.1, 0.15) is 5.75 Å². The monoisotopic (exact) mass is 327 g/mol. The molecule has 0 saturated heterocycles. The van der Waals surface area contributed by atoms with Crippen molar-refractivity contribution in [3.63, 3.8) is 0 Å². The molecule has 4 nitrogen and oxygen atoms in total. The molecule has 0 fully saturated rings. The first kappa shape index (κ1) is 16.0. The Kier molecular flexibility index (Phi) is 5.06. The Morgan fingerprint density at radius 3 is 2.67 bits per heavy atom. The first-order valence-corrected chi connectivity index (χ1v) is 9.23. The Balaban J connectivity index is 2.16. The van der Waals surface area contributed by atoms with Gasteiger partial charge in [0.05, 0.1) is 17.9 Å². The molecule has 114 valence electrons. The maximum Gasteiger partial charge on any atom is 0.233 e. The summed E-state index contributed by atoms with van der Waals surface area (Å²) in [7, 11) is 1.82. The zero-order chi connectivity index (χ0) is 15.5. The number of aromatic nitrogens is 1. The predicted molar refractivity (Wildman–Crippen MR) is 85.2 cm³/mol. The van der Waals surface area contributed by atoms with E-state index in [1.54, 1.807) is 6.20 Å². The molecular weight excluding hydrogens is 310 g/mol. The minimum Gasteiger partial charge on any atom is -0.493 e. The number of hydrogen-bond donors (Lipinski definition) is 0. The Hall–Kier alpha value is -1.33. The maximum absolute atomic E-state index is 11.3. The summed E-state index contributed by atoms with van der Waals surface area (Å²) >= 11 is 0. The lowest BCUT2D eigenvalue weighted by atomic mass is 9.99. The number of hydrogen-bond acceptors (Lipinski definition) is 4. The Labute approximate surface area is 129 Å². The van der Waals surface area contributed by atoms with Gasteiger partial charge in [0.25, 0.3) is 0 Å². The molecule has 1 unspecified atom stereocenters. The van der Waals surface area contributed by atoms with Crippen molar-refractivity contribution in [2.75, 3.05) is 12.4 Å². The first-order valence-electron chi connectivity index (χ1n) is 6.75. The van der Waals surface area contributed by atoms with Crippen LogP contribution in [0.2, 0.25) is 0 Å². The van der Waals surface area contributed by atoms with Crippen molar-refractivity contribution >= 4 is 30.6 Å². The van der Waals surface area contributed by atoms with Crippen LogP contribution in [0.4, 0.5) is 0 Å². The van der Waals surface area contributed by atoms with E-state index < -0.39 is 9.05 Å². The molecular formula is C15H18ClNO3S. The van der Waals surface area contributed by atoms with E-state index in [0.717, 1.165) is 10.9 Å². The quantitative estimate of drug-likeness (QED) is 0.762. The van der Waals surface area contributed by atoms with Crippen LogP contribution in [0.5, 0.6) is 5.75 Å². The van der Waals surface area contributed by atoms with Crippen molar-refractivity contribution in [3.8, 4) is 5.75 Å². The molecule has 0 radical (unpaired) electrons. The van der Waals surface area contributed by atoms with Crippen molar-refractivity contribution in [2.45, 2.75) is 13.8 Å². The molecule has 0 aliphatic rings. The first-order chi connectivity index (χ1) is 9.87. The van der Waals surface area contributed by atoms with Crippen LogP contribution in [0.15, 0.2) is 36.5 Å². The molecule has 0 spiro atoms. The van der Waals surface area contributed by atoms with Crippen molar-refractivity contribution < 1.29 is 13.2 Å². The average Bonchev–Trinajstić information content (AvgIpc) is 2.42. The summed E-state index contributed by atoms with van der Waals surface area (Å²) in [5.41, 5.74) is 0.848. The van der Waals surface area contributed by atoms with Crippen molar-refractivity contribution in [1.82, 2.24) is 4.98 Å². The molecule has 2 aromatic rings. The smallest absolute Gasteiger partial charge is 0.233 e. The SMILES string of the molecule is CC(C)C(COc1cccc2ncccc12)CS(=O)(=O)Cl. The molecule has 1 aromatic carbocycles. The summed E-state index contributed by atoms with van der Waals surface area (Å²) in [6.45, 7) is 4.22. The summed E-state index contributed by atoms with van der Waals surface area (Å²) < 4.78 is 28.4. The second-order valence-electron chi connectivity index (χ2n) is 5.35. The molecule has 2 rings (SSSR count). The summed E-state index contributed by atoms with van der Waals surface area (Å²) in [6, 6.07) is 9.41.